The first-order valence-corrected chi connectivity index (χ1v) is 11.1. The largest absolute Gasteiger partial charge is 0.484 e. The van der Waals surface area contributed by atoms with Gasteiger partial charge < -0.3 is 4.74 Å². The fourth-order valence-corrected chi connectivity index (χ4v) is 4.09. The Hall–Kier alpha value is -2.45. The van der Waals surface area contributed by atoms with Crippen molar-refractivity contribution < 1.29 is 17.9 Å². The maximum absolute atomic E-state index is 12.1. The number of ether oxygens (including phenoxy) is 1. The Kier molecular flexibility index (Phi) is 5.48. The van der Waals surface area contributed by atoms with Crippen molar-refractivity contribution in [2.24, 2.45) is 0 Å². The minimum Gasteiger partial charge on any atom is -0.484 e. The summed E-state index contributed by atoms with van der Waals surface area (Å²) < 4.78 is 29.5. The smallest absolute Gasteiger partial charge is 0.264 e. The van der Waals surface area contributed by atoms with Gasteiger partial charge in [-0.05, 0) is 41.8 Å². The van der Waals surface area contributed by atoms with E-state index in [-0.39, 0.29) is 17.4 Å². The molecule has 0 atom stereocenters. The summed E-state index contributed by atoms with van der Waals surface area (Å²) in [4.78, 5) is 16.6. The molecule has 0 aliphatic heterocycles. The summed E-state index contributed by atoms with van der Waals surface area (Å²) in [7, 11) is -3.28. The molecule has 1 aromatic heterocycles. The zero-order valence-corrected chi connectivity index (χ0v) is 16.9. The molecular weight excluding hydrogens is 384 g/mol. The third-order valence-electron chi connectivity index (χ3n) is 3.95. The van der Waals surface area contributed by atoms with Gasteiger partial charge in [0.25, 0.3) is 5.91 Å². The molecule has 27 heavy (non-hydrogen) atoms. The Morgan fingerprint density at radius 3 is 2.52 bits per heavy atom. The van der Waals surface area contributed by atoms with Gasteiger partial charge in [0.1, 0.15) is 5.75 Å². The minimum absolute atomic E-state index is 0.133. The van der Waals surface area contributed by atoms with E-state index in [1.807, 2.05) is 24.3 Å². The van der Waals surface area contributed by atoms with Gasteiger partial charge in [0, 0.05) is 6.26 Å². The summed E-state index contributed by atoms with van der Waals surface area (Å²) in [6.07, 6.45) is 1.16. The second kappa shape index (κ2) is 7.66. The number of hydrogen-bond donors (Lipinski definition) is 1. The quantitative estimate of drug-likeness (QED) is 0.675. The van der Waals surface area contributed by atoms with E-state index in [0.29, 0.717) is 27.0 Å². The van der Waals surface area contributed by atoms with Crippen LogP contribution in [0.15, 0.2) is 47.4 Å². The maximum Gasteiger partial charge on any atom is 0.264 e. The van der Waals surface area contributed by atoms with E-state index in [1.54, 1.807) is 12.1 Å². The summed E-state index contributed by atoms with van der Waals surface area (Å²) in [6.45, 7) is 4.09. The third kappa shape index (κ3) is 4.84. The fourth-order valence-electron chi connectivity index (χ4n) is 2.44. The standard InChI is InChI=1S/C19H20N2O4S2/c1-12(2)13-4-6-14(7-5-13)25-11-18(22)21-19-20-16-9-8-15(27(3,23)24)10-17(16)26-19/h4-10,12H,11H2,1-3H3,(H,20,21,22). The van der Waals surface area contributed by atoms with Gasteiger partial charge in [0.05, 0.1) is 15.1 Å². The van der Waals surface area contributed by atoms with Crippen LogP contribution in [0.3, 0.4) is 0 Å². The van der Waals surface area contributed by atoms with Crippen LogP contribution in [0.4, 0.5) is 5.13 Å². The van der Waals surface area contributed by atoms with E-state index >= 15 is 0 Å². The van der Waals surface area contributed by atoms with E-state index in [0.717, 1.165) is 6.26 Å². The number of aromatic nitrogens is 1. The highest BCUT2D eigenvalue weighted by molar-refractivity contribution is 7.90. The van der Waals surface area contributed by atoms with Crippen molar-refractivity contribution in [3.63, 3.8) is 0 Å². The van der Waals surface area contributed by atoms with Crippen LogP contribution >= 0.6 is 11.3 Å². The van der Waals surface area contributed by atoms with Crippen molar-refractivity contribution in [2.45, 2.75) is 24.7 Å². The van der Waals surface area contributed by atoms with Gasteiger partial charge in [-0.1, -0.05) is 37.3 Å². The van der Waals surface area contributed by atoms with Crippen molar-refractivity contribution in [2.75, 3.05) is 18.2 Å². The predicted molar refractivity (Wildman–Crippen MR) is 107 cm³/mol. The molecule has 0 spiro atoms. The monoisotopic (exact) mass is 404 g/mol. The predicted octanol–water partition coefficient (Wildman–Crippen LogP) is 3.84. The molecule has 1 N–H and O–H groups in total. The third-order valence-corrected chi connectivity index (χ3v) is 5.99. The van der Waals surface area contributed by atoms with Gasteiger partial charge in [0.2, 0.25) is 0 Å². The van der Waals surface area contributed by atoms with E-state index in [2.05, 4.69) is 24.1 Å². The Morgan fingerprint density at radius 2 is 1.89 bits per heavy atom. The number of anilines is 1. The molecule has 2 aromatic carbocycles. The summed E-state index contributed by atoms with van der Waals surface area (Å²) in [5.74, 6) is 0.728. The number of nitrogens with zero attached hydrogens (tertiary/aromatic N) is 1. The van der Waals surface area contributed by atoms with Crippen molar-refractivity contribution in [1.29, 1.82) is 0 Å². The van der Waals surface area contributed by atoms with Crippen LogP contribution in [0.25, 0.3) is 10.2 Å². The van der Waals surface area contributed by atoms with Crippen molar-refractivity contribution >= 4 is 42.4 Å². The molecule has 0 fully saturated rings. The first kappa shape index (κ1) is 19.3. The minimum atomic E-state index is -3.28. The highest BCUT2D eigenvalue weighted by Gasteiger charge is 2.12. The highest BCUT2D eigenvalue weighted by atomic mass is 32.2. The van der Waals surface area contributed by atoms with Gasteiger partial charge in [-0.15, -0.1) is 0 Å². The number of hydrogen-bond acceptors (Lipinski definition) is 6. The maximum atomic E-state index is 12.1. The average Bonchev–Trinajstić information content (AvgIpc) is 3.00. The molecule has 142 valence electrons. The zero-order valence-electron chi connectivity index (χ0n) is 15.2. The highest BCUT2D eigenvalue weighted by Crippen LogP contribution is 2.28. The Balaban J connectivity index is 1.63. The first-order chi connectivity index (χ1) is 12.7. The van der Waals surface area contributed by atoms with Crippen LogP contribution in [0, 0.1) is 0 Å². The number of carbonyl (C=O) groups excluding carboxylic acids is 1. The molecule has 3 aromatic rings. The van der Waals surface area contributed by atoms with E-state index < -0.39 is 9.84 Å². The summed E-state index contributed by atoms with van der Waals surface area (Å²) >= 11 is 1.22. The fraction of sp³-hybridized carbons (Fsp3) is 0.263. The second-order valence-corrected chi connectivity index (χ2v) is 9.53. The average molecular weight is 405 g/mol. The molecule has 0 saturated heterocycles. The normalized spacial score (nSPS) is 11.7. The van der Waals surface area contributed by atoms with Gasteiger partial charge in [0.15, 0.2) is 21.6 Å². The molecule has 6 nitrogen and oxygen atoms in total. The lowest BCUT2D eigenvalue weighted by atomic mass is 10.0. The number of fused-ring (bicyclic) bond motifs is 1. The van der Waals surface area contributed by atoms with Crippen LogP contribution in [-0.4, -0.2) is 32.2 Å². The SMILES string of the molecule is CC(C)c1ccc(OCC(=O)Nc2nc3ccc(S(C)(=O)=O)cc3s2)cc1. The number of sulfone groups is 1. The summed E-state index contributed by atoms with van der Waals surface area (Å²) in [5, 5.41) is 3.09. The molecular formula is C19H20N2O4S2. The second-order valence-electron chi connectivity index (χ2n) is 6.48. The number of amides is 1. The molecule has 0 aliphatic rings. The van der Waals surface area contributed by atoms with Gasteiger partial charge in [-0.25, -0.2) is 13.4 Å². The summed E-state index contributed by atoms with van der Waals surface area (Å²) in [6, 6.07) is 12.3. The van der Waals surface area contributed by atoms with Crippen LogP contribution in [0.5, 0.6) is 5.75 Å². The van der Waals surface area contributed by atoms with Crippen LogP contribution in [0.2, 0.25) is 0 Å². The van der Waals surface area contributed by atoms with Crippen LogP contribution in [0.1, 0.15) is 25.3 Å². The van der Waals surface area contributed by atoms with E-state index in [4.69, 9.17) is 4.74 Å². The lowest BCUT2D eigenvalue weighted by Gasteiger charge is -2.08. The number of nitrogens with one attached hydrogen (secondary N) is 1. The van der Waals surface area contributed by atoms with Gasteiger partial charge >= 0.3 is 0 Å². The molecule has 8 heteroatoms. The van der Waals surface area contributed by atoms with Crippen molar-refractivity contribution in [3.8, 4) is 5.75 Å². The summed E-state index contributed by atoms with van der Waals surface area (Å²) in [5.41, 5.74) is 1.84. The molecule has 0 radical (unpaired) electrons. The molecule has 0 unspecified atom stereocenters. The lowest BCUT2D eigenvalue weighted by Crippen LogP contribution is -2.20. The Labute approximate surface area is 162 Å². The topological polar surface area (TPSA) is 85.4 Å². The molecule has 0 aliphatic carbocycles. The Bertz CT molecular complexity index is 1070. The van der Waals surface area contributed by atoms with Gasteiger partial charge in [-0.2, -0.15) is 0 Å². The van der Waals surface area contributed by atoms with Gasteiger partial charge in [-0.3, -0.25) is 10.1 Å². The molecule has 1 amide bonds. The van der Waals surface area contributed by atoms with E-state index in [1.165, 1.54) is 23.0 Å². The number of thiazole rings is 1. The first-order valence-electron chi connectivity index (χ1n) is 8.35. The number of rotatable bonds is 6. The van der Waals surface area contributed by atoms with E-state index in [9.17, 15) is 13.2 Å². The number of benzene rings is 2. The number of carbonyl (C=O) groups is 1. The zero-order chi connectivity index (χ0) is 19.6. The molecule has 0 bridgehead atoms. The molecule has 3 rings (SSSR count). The van der Waals surface area contributed by atoms with Crippen molar-refractivity contribution in [1.82, 2.24) is 4.98 Å². The Morgan fingerprint density at radius 1 is 1.19 bits per heavy atom. The van der Waals surface area contributed by atoms with Crippen LogP contribution < -0.4 is 10.1 Å². The van der Waals surface area contributed by atoms with Crippen LogP contribution in [-0.2, 0) is 14.6 Å². The lowest BCUT2D eigenvalue weighted by molar-refractivity contribution is -0.118. The molecule has 1 heterocycles. The molecule has 0 saturated carbocycles. The van der Waals surface area contributed by atoms with Crippen molar-refractivity contribution in [3.05, 3.63) is 48.0 Å².